The highest BCUT2D eigenvalue weighted by Gasteiger charge is 2.03. The van der Waals surface area contributed by atoms with E-state index in [4.69, 9.17) is 10.5 Å². The maximum atomic E-state index is 9.78. The molecule has 0 spiro atoms. The zero-order chi connectivity index (χ0) is 15.8. The molecule has 0 saturated heterocycles. The third kappa shape index (κ3) is 4.70. The number of phenolic OH excluding ortho intramolecular Hbond substituents is 1. The number of hydrogen-bond donors (Lipinski definition) is 3. The topological polar surface area (TPSA) is 79.9 Å². The second-order valence-corrected chi connectivity index (χ2v) is 4.86. The van der Waals surface area contributed by atoms with Gasteiger partial charge in [0, 0.05) is 12.1 Å². The average molecular weight is 299 g/mol. The van der Waals surface area contributed by atoms with Crippen LogP contribution in [0.5, 0.6) is 11.5 Å². The van der Waals surface area contributed by atoms with Gasteiger partial charge in [-0.15, -0.1) is 0 Å². The molecule has 0 aliphatic carbocycles. The lowest BCUT2D eigenvalue weighted by atomic mass is 10.1. The lowest BCUT2D eigenvalue weighted by Gasteiger charge is -2.07. The molecule has 0 atom stereocenters. The van der Waals surface area contributed by atoms with Gasteiger partial charge in [-0.2, -0.15) is 0 Å². The van der Waals surface area contributed by atoms with Crippen LogP contribution in [0.25, 0.3) is 0 Å². The second-order valence-electron chi connectivity index (χ2n) is 4.86. The summed E-state index contributed by atoms with van der Waals surface area (Å²) in [6.45, 7) is 1.01. The fourth-order valence-electron chi connectivity index (χ4n) is 2.02. The quantitative estimate of drug-likeness (QED) is 0.563. The van der Waals surface area contributed by atoms with Gasteiger partial charge in [0.1, 0.15) is 11.5 Å². The molecule has 0 unspecified atom stereocenters. The Kier molecular flexibility index (Phi) is 5.65. The number of nitrogens with zero attached hydrogens (tertiary/aromatic N) is 1. The van der Waals surface area contributed by atoms with E-state index in [2.05, 4.69) is 22.4 Å². The van der Waals surface area contributed by atoms with Crippen LogP contribution in [0.2, 0.25) is 0 Å². The van der Waals surface area contributed by atoms with Crippen LogP contribution < -0.4 is 15.8 Å². The van der Waals surface area contributed by atoms with Crippen LogP contribution in [0.4, 0.5) is 0 Å². The maximum Gasteiger partial charge on any atom is 0.188 e. The molecule has 116 valence electrons. The van der Waals surface area contributed by atoms with Crippen molar-refractivity contribution in [3.05, 3.63) is 59.7 Å². The van der Waals surface area contributed by atoms with Gasteiger partial charge in [-0.25, -0.2) is 4.99 Å². The number of phenols is 1. The van der Waals surface area contributed by atoms with Gasteiger partial charge in [0.05, 0.1) is 13.7 Å². The molecule has 0 saturated carbocycles. The molecule has 2 aromatic rings. The minimum Gasteiger partial charge on any atom is -0.508 e. The van der Waals surface area contributed by atoms with E-state index in [1.54, 1.807) is 25.3 Å². The first-order valence-corrected chi connectivity index (χ1v) is 7.12. The van der Waals surface area contributed by atoms with Crippen LogP contribution >= 0.6 is 0 Å². The smallest absolute Gasteiger partial charge is 0.188 e. The van der Waals surface area contributed by atoms with Gasteiger partial charge in [-0.1, -0.05) is 30.3 Å². The lowest BCUT2D eigenvalue weighted by molar-refractivity contribution is 0.411. The molecular formula is C17H21N3O2. The fraction of sp³-hybridized carbons (Fsp3) is 0.235. The molecule has 22 heavy (non-hydrogen) atoms. The number of rotatable bonds is 6. The summed E-state index contributed by atoms with van der Waals surface area (Å²) in [5.74, 6) is 1.22. The summed E-state index contributed by atoms with van der Waals surface area (Å²) in [6, 6.07) is 15.2. The first-order chi connectivity index (χ1) is 10.7. The van der Waals surface area contributed by atoms with Crippen LogP contribution in [0.1, 0.15) is 11.1 Å². The minimum atomic E-state index is 0.182. The summed E-state index contributed by atoms with van der Waals surface area (Å²) in [5, 5.41) is 12.8. The van der Waals surface area contributed by atoms with Crippen molar-refractivity contribution >= 4 is 5.96 Å². The van der Waals surface area contributed by atoms with E-state index < -0.39 is 0 Å². The van der Waals surface area contributed by atoms with E-state index in [1.165, 1.54) is 5.56 Å². The number of aliphatic imine (C=N–C) groups is 1. The highest BCUT2D eigenvalue weighted by Crippen LogP contribution is 2.23. The van der Waals surface area contributed by atoms with E-state index in [0.29, 0.717) is 30.4 Å². The number of nitrogens with one attached hydrogen (secondary N) is 1. The second kappa shape index (κ2) is 7.93. The lowest BCUT2D eigenvalue weighted by Crippen LogP contribution is -2.33. The maximum absolute atomic E-state index is 9.78. The predicted octanol–water partition coefficient (Wildman–Crippen LogP) is 2.05. The molecule has 0 aliphatic heterocycles. The molecule has 0 radical (unpaired) electrons. The van der Waals surface area contributed by atoms with Crippen LogP contribution in [-0.4, -0.2) is 24.7 Å². The summed E-state index contributed by atoms with van der Waals surface area (Å²) in [6.07, 6.45) is 0.876. The number of aromatic hydroxyl groups is 1. The van der Waals surface area contributed by atoms with Gasteiger partial charge in [0.25, 0.3) is 0 Å². The van der Waals surface area contributed by atoms with Gasteiger partial charge in [-0.05, 0) is 30.2 Å². The number of methoxy groups -OCH3 is 1. The van der Waals surface area contributed by atoms with Crippen LogP contribution in [0.3, 0.4) is 0 Å². The Morgan fingerprint density at radius 1 is 1.23 bits per heavy atom. The van der Waals surface area contributed by atoms with Crippen molar-refractivity contribution < 1.29 is 9.84 Å². The molecule has 5 nitrogen and oxygen atoms in total. The Bertz CT molecular complexity index is 627. The van der Waals surface area contributed by atoms with Gasteiger partial charge >= 0.3 is 0 Å². The van der Waals surface area contributed by atoms with Crippen molar-refractivity contribution in [1.29, 1.82) is 0 Å². The summed E-state index contributed by atoms with van der Waals surface area (Å²) in [7, 11) is 1.58. The van der Waals surface area contributed by atoms with E-state index in [-0.39, 0.29) is 5.75 Å². The molecule has 2 rings (SSSR count). The Labute approximate surface area is 130 Å². The molecular weight excluding hydrogens is 278 g/mol. The highest BCUT2D eigenvalue weighted by atomic mass is 16.5. The average Bonchev–Trinajstić information content (AvgIpc) is 2.55. The van der Waals surface area contributed by atoms with Crippen molar-refractivity contribution in [2.24, 2.45) is 10.7 Å². The van der Waals surface area contributed by atoms with Crippen LogP contribution in [-0.2, 0) is 13.0 Å². The van der Waals surface area contributed by atoms with Crippen molar-refractivity contribution in [2.45, 2.75) is 13.0 Å². The molecule has 5 heteroatoms. The van der Waals surface area contributed by atoms with Crippen molar-refractivity contribution in [2.75, 3.05) is 13.7 Å². The molecule has 2 aromatic carbocycles. The largest absolute Gasteiger partial charge is 0.508 e. The number of guanidine groups is 1. The van der Waals surface area contributed by atoms with Crippen molar-refractivity contribution in [3.63, 3.8) is 0 Å². The summed E-state index contributed by atoms with van der Waals surface area (Å²) in [4.78, 5) is 4.23. The Balaban J connectivity index is 1.85. The van der Waals surface area contributed by atoms with Crippen molar-refractivity contribution in [1.82, 2.24) is 5.32 Å². The molecule has 0 bridgehead atoms. The van der Waals surface area contributed by atoms with Crippen molar-refractivity contribution in [3.8, 4) is 11.5 Å². The number of ether oxygens (including phenoxy) is 1. The molecule has 0 fully saturated rings. The van der Waals surface area contributed by atoms with Gasteiger partial charge in [-0.3, -0.25) is 0 Å². The van der Waals surface area contributed by atoms with E-state index >= 15 is 0 Å². The normalized spacial score (nSPS) is 11.2. The standard InChI is InChI=1S/C17H21N3O2/c1-22-15-7-8-16(21)14(11-15)12-20-17(18)19-10-9-13-5-3-2-4-6-13/h2-8,11,21H,9-10,12H2,1H3,(H3,18,19,20). The number of hydrogen-bond acceptors (Lipinski definition) is 3. The summed E-state index contributed by atoms with van der Waals surface area (Å²) >= 11 is 0. The first-order valence-electron chi connectivity index (χ1n) is 7.12. The van der Waals surface area contributed by atoms with E-state index in [1.807, 2.05) is 18.2 Å². The van der Waals surface area contributed by atoms with Crippen LogP contribution in [0, 0.1) is 0 Å². The molecule has 4 N–H and O–H groups in total. The fourth-order valence-corrected chi connectivity index (χ4v) is 2.02. The molecule has 0 amide bonds. The zero-order valence-corrected chi connectivity index (χ0v) is 12.6. The zero-order valence-electron chi connectivity index (χ0n) is 12.6. The summed E-state index contributed by atoms with van der Waals surface area (Å²) < 4.78 is 5.12. The first kappa shape index (κ1) is 15.7. The van der Waals surface area contributed by atoms with Gasteiger partial charge < -0.3 is 20.9 Å². The Hall–Kier alpha value is -2.69. The SMILES string of the molecule is COc1ccc(O)c(CN=C(N)NCCc2ccccc2)c1. The molecule has 0 aromatic heterocycles. The molecule has 0 aliphatic rings. The Morgan fingerprint density at radius 2 is 2.00 bits per heavy atom. The number of benzene rings is 2. The third-order valence-corrected chi connectivity index (χ3v) is 3.27. The van der Waals surface area contributed by atoms with Crippen LogP contribution in [0.15, 0.2) is 53.5 Å². The Morgan fingerprint density at radius 3 is 2.73 bits per heavy atom. The van der Waals surface area contributed by atoms with E-state index in [0.717, 1.165) is 6.42 Å². The van der Waals surface area contributed by atoms with Gasteiger partial charge in [0.2, 0.25) is 0 Å². The third-order valence-electron chi connectivity index (χ3n) is 3.27. The number of nitrogens with two attached hydrogens (primary N) is 1. The monoisotopic (exact) mass is 299 g/mol. The predicted molar refractivity (Wildman–Crippen MR) is 88.1 cm³/mol. The minimum absolute atomic E-state index is 0.182. The van der Waals surface area contributed by atoms with Gasteiger partial charge in [0.15, 0.2) is 5.96 Å². The molecule has 0 heterocycles. The summed E-state index contributed by atoms with van der Waals surface area (Å²) in [5.41, 5.74) is 7.75. The highest BCUT2D eigenvalue weighted by molar-refractivity contribution is 5.77. The van der Waals surface area contributed by atoms with E-state index in [9.17, 15) is 5.11 Å².